The Bertz CT molecular complexity index is 505. The van der Waals surface area contributed by atoms with Crippen LogP contribution >= 0.6 is 0 Å². The van der Waals surface area contributed by atoms with Gasteiger partial charge in [0.1, 0.15) is 5.75 Å². The standard InChI is InChI=1S/C17H26N2O3/c1-2-13-9-14(11-16(21)10-13)18-17(22)6-4-8-19-7-3-5-15(19)12-20/h9-11,15,20-21H,2-8,12H2,1H3,(H,18,22)/t15-/m0/s1. The largest absolute Gasteiger partial charge is 0.508 e. The molecular formula is C17H26N2O3. The number of nitrogens with zero attached hydrogens (tertiary/aromatic N) is 1. The molecule has 1 fully saturated rings. The van der Waals surface area contributed by atoms with Gasteiger partial charge >= 0.3 is 0 Å². The number of rotatable bonds is 7. The zero-order valence-electron chi connectivity index (χ0n) is 13.2. The van der Waals surface area contributed by atoms with Crippen LogP contribution in [0.4, 0.5) is 5.69 Å². The van der Waals surface area contributed by atoms with Crippen molar-refractivity contribution in [1.29, 1.82) is 0 Å². The maximum atomic E-state index is 12.0. The van der Waals surface area contributed by atoms with E-state index >= 15 is 0 Å². The molecule has 1 aromatic carbocycles. The first-order valence-corrected chi connectivity index (χ1v) is 8.10. The van der Waals surface area contributed by atoms with Crippen molar-refractivity contribution in [2.24, 2.45) is 0 Å². The van der Waals surface area contributed by atoms with E-state index < -0.39 is 0 Å². The van der Waals surface area contributed by atoms with Crippen LogP contribution in [0, 0.1) is 0 Å². The lowest BCUT2D eigenvalue weighted by Crippen LogP contribution is -2.33. The predicted octanol–water partition coefficient (Wildman–Crippen LogP) is 2.13. The van der Waals surface area contributed by atoms with Gasteiger partial charge in [0, 0.05) is 24.2 Å². The molecule has 0 radical (unpaired) electrons. The molecule has 0 aliphatic carbocycles. The first-order valence-electron chi connectivity index (χ1n) is 8.10. The van der Waals surface area contributed by atoms with E-state index in [0.29, 0.717) is 12.1 Å². The normalized spacial score (nSPS) is 18.5. The lowest BCUT2D eigenvalue weighted by atomic mass is 10.1. The van der Waals surface area contributed by atoms with Crippen molar-refractivity contribution in [3.8, 4) is 5.75 Å². The number of amides is 1. The van der Waals surface area contributed by atoms with Gasteiger partial charge in [-0.15, -0.1) is 0 Å². The SMILES string of the molecule is CCc1cc(O)cc(NC(=O)CCCN2CCC[C@H]2CO)c1. The van der Waals surface area contributed by atoms with Crippen LogP contribution in [0.2, 0.25) is 0 Å². The van der Waals surface area contributed by atoms with Crippen molar-refractivity contribution in [3.63, 3.8) is 0 Å². The summed E-state index contributed by atoms with van der Waals surface area (Å²) in [6, 6.07) is 5.43. The number of phenols is 1. The smallest absolute Gasteiger partial charge is 0.224 e. The third kappa shape index (κ3) is 4.71. The molecule has 122 valence electrons. The average Bonchev–Trinajstić information content (AvgIpc) is 2.94. The van der Waals surface area contributed by atoms with Gasteiger partial charge < -0.3 is 15.5 Å². The first-order chi connectivity index (χ1) is 10.6. The van der Waals surface area contributed by atoms with Crippen LogP contribution in [-0.2, 0) is 11.2 Å². The fraction of sp³-hybridized carbons (Fsp3) is 0.588. The van der Waals surface area contributed by atoms with Gasteiger partial charge in [0.25, 0.3) is 0 Å². The monoisotopic (exact) mass is 306 g/mol. The van der Waals surface area contributed by atoms with Crippen molar-refractivity contribution >= 4 is 11.6 Å². The van der Waals surface area contributed by atoms with Crippen LogP contribution in [0.25, 0.3) is 0 Å². The van der Waals surface area contributed by atoms with Crippen LogP contribution in [0.3, 0.4) is 0 Å². The molecule has 0 aromatic heterocycles. The molecule has 5 heteroatoms. The number of hydrogen-bond donors (Lipinski definition) is 3. The highest BCUT2D eigenvalue weighted by molar-refractivity contribution is 5.91. The molecule has 5 nitrogen and oxygen atoms in total. The Kier molecular flexibility index (Phi) is 6.21. The number of carbonyl (C=O) groups excluding carboxylic acids is 1. The zero-order chi connectivity index (χ0) is 15.9. The Balaban J connectivity index is 1.77. The first kappa shape index (κ1) is 16.8. The van der Waals surface area contributed by atoms with Crippen molar-refractivity contribution in [1.82, 2.24) is 4.90 Å². The fourth-order valence-electron chi connectivity index (χ4n) is 3.01. The summed E-state index contributed by atoms with van der Waals surface area (Å²) < 4.78 is 0. The number of phenolic OH excluding ortho intramolecular Hbond substituents is 1. The molecular weight excluding hydrogens is 280 g/mol. The molecule has 1 atom stereocenters. The predicted molar refractivity (Wildman–Crippen MR) is 87.0 cm³/mol. The quantitative estimate of drug-likeness (QED) is 0.721. The molecule has 22 heavy (non-hydrogen) atoms. The van der Waals surface area contributed by atoms with E-state index in [4.69, 9.17) is 0 Å². The molecule has 0 spiro atoms. The lowest BCUT2D eigenvalue weighted by molar-refractivity contribution is -0.116. The number of likely N-dealkylation sites (tertiary alicyclic amines) is 1. The van der Waals surface area contributed by atoms with E-state index in [2.05, 4.69) is 10.2 Å². The Labute approximate surface area is 131 Å². The number of carbonyl (C=O) groups is 1. The van der Waals surface area contributed by atoms with E-state index in [1.54, 1.807) is 12.1 Å². The van der Waals surface area contributed by atoms with Crippen LogP contribution < -0.4 is 5.32 Å². The highest BCUT2D eigenvalue weighted by Gasteiger charge is 2.22. The number of hydrogen-bond acceptors (Lipinski definition) is 4. The number of aryl methyl sites for hydroxylation is 1. The summed E-state index contributed by atoms with van der Waals surface area (Å²) in [4.78, 5) is 14.2. The van der Waals surface area contributed by atoms with Crippen molar-refractivity contribution in [3.05, 3.63) is 23.8 Å². The molecule has 1 amide bonds. The van der Waals surface area contributed by atoms with Crippen molar-refractivity contribution in [2.75, 3.05) is 25.0 Å². The van der Waals surface area contributed by atoms with Gasteiger partial charge in [-0.25, -0.2) is 0 Å². The molecule has 0 saturated carbocycles. The van der Waals surface area contributed by atoms with E-state index in [1.165, 1.54) is 0 Å². The third-order valence-corrected chi connectivity index (χ3v) is 4.23. The second kappa shape index (κ2) is 8.15. The van der Waals surface area contributed by atoms with Gasteiger partial charge in [-0.3, -0.25) is 9.69 Å². The maximum Gasteiger partial charge on any atom is 0.224 e. The third-order valence-electron chi connectivity index (χ3n) is 4.23. The van der Waals surface area contributed by atoms with Crippen molar-refractivity contribution < 1.29 is 15.0 Å². The van der Waals surface area contributed by atoms with Gasteiger partial charge in [0.15, 0.2) is 0 Å². The van der Waals surface area contributed by atoms with Gasteiger partial charge in [-0.2, -0.15) is 0 Å². The van der Waals surface area contributed by atoms with Gasteiger partial charge in [0.05, 0.1) is 6.61 Å². The summed E-state index contributed by atoms with van der Waals surface area (Å²) in [6.07, 6.45) is 4.22. The van der Waals surface area contributed by atoms with E-state index in [-0.39, 0.29) is 24.3 Å². The van der Waals surface area contributed by atoms with Gasteiger partial charge in [-0.05, 0) is 56.5 Å². The number of aliphatic hydroxyl groups is 1. The number of benzene rings is 1. The van der Waals surface area contributed by atoms with Gasteiger partial charge in [0.2, 0.25) is 5.91 Å². The minimum Gasteiger partial charge on any atom is -0.508 e. The summed E-state index contributed by atoms with van der Waals surface area (Å²) in [5.41, 5.74) is 1.65. The number of anilines is 1. The van der Waals surface area contributed by atoms with Crippen molar-refractivity contribution in [2.45, 2.75) is 45.1 Å². The van der Waals surface area contributed by atoms with Crippen LogP contribution in [0.5, 0.6) is 5.75 Å². The number of aliphatic hydroxyl groups excluding tert-OH is 1. The summed E-state index contributed by atoms with van der Waals surface area (Å²) in [7, 11) is 0. The van der Waals surface area contributed by atoms with E-state index in [0.717, 1.165) is 44.3 Å². The highest BCUT2D eigenvalue weighted by Crippen LogP contribution is 2.21. The summed E-state index contributed by atoms with van der Waals surface area (Å²) in [5.74, 6) is 0.143. The van der Waals surface area contributed by atoms with Crippen LogP contribution in [-0.4, -0.2) is 46.8 Å². The number of aromatic hydroxyl groups is 1. The van der Waals surface area contributed by atoms with E-state index in [9.17, 15) is 15.0 Å². The second-order valence-corrected chi connectivity index (χ2v) is 5.91. The Morgan fingerprint density at radius 2 is 2.23 bits per heavy atom. The second-order valence-electron chi connectivity index (χ2n) is 5.91. The molecule has 0 bridgehead atoms. The average molecular weight is 306 g/mol. The summed E-state index contributed by atoms with van der Waals surface area (Å²) >= 11 is 0. The molecule has 2 rings (SSSR count). The molecule has 1 aromatic rings. The zero-order valence-corrected chi connectivity index (χ0v) is 13.2. The Morgan fingerprint density at radius 1 is 1.41 bits per heavy atom. The van der Waals surface area contributed by atoms with Gasteiger partial charge in [-0.1, -0.05) is 6.92 Å². The molecule has 0 unspecified atom stereocenters. The Hall–Kier alpha value is -1.59. The topological polar surface area (TPSA) is 72.8 Å². The lowest BCUT2D eigenvalue weighted by Gasteiger charge is -2.22. The summed E-state index contributed by atoms with van der Waals surface area (Å²) in [5, 5.41) is 21.7. The molecule has 1 aliphatic rings. The fourth-order valence-corrected chi connectivity index (χ4v) is 3.01. The van der Waals surface area contributed by atoms with Crippen LogP contribution in [0.15, 0.2) is 18.2 Å². The van der Waals surface area contributed by atoms with Crippen LogP contribution in [0.1, 0.15) is 38.2 Å². The maximum absolute atomic E-state index is 12.0. The minimum absolute atomic E-state index is 0.0348. The molecule has 1 saturated heterocycles. The summed E-state index contributed by atoms with van der Waals surface area (Å²) in [6.45, 7) is 4.07. The molecule has 1 heterocycles. The minimum atomic E-state index is -0.0348. The Morgan fingerprint density at radius 3 is 2.95 bits per heavy atom. The van der Waals surface area contributed by atoms with E-state index in [1.807, 2.05) is 13.0 Å². The highest BCUT2D eigenvalue weighted by atomic mass is 16.3. The molecule has 1 aliphatic heterocycles. The number of nitrogens with one attached hydrogen (secondary N) is 1. The molecule has 3 N–H and O–H groups in total.